The number of aromatic hydroxyl groups is 1. The topological polar surface area (TPSA) is 180 Å². The first-order valence-electron chi connectivity index (χ1n) is 9.46. The molecule has 10 nitrogen and oxygen atoms in total. The summed E-state index contributed by atoms with van der Waals surface area (Å²) in [5, 5.41) is 23.6. The average Bonchev–Trinajstić information content (AvgIpc) is 2.72. The Kier molecular flexibility index (Phi) is 8.77. The van der Waals surface area contributed by atoms with Crippen molar-refractivity contribution in [2.24, 2.45) is 16.5 Å². The maximum Gasteiger partial charge on any atom is 0.416 e. The van der Waals surface area contributed by atoms with Gasteiger partial charge >= 0.3 is 12.1 Å². The van der Waals surface area contributed by atoms with Crippen LogP contribution in [0.25, 0.3) is 0 Å². The number of benzene rings is 2. The molecule has 0 aliphatic rings. The Morgan fingerprint density at radius 2 is 1.74 bits per heavy atom. The van der Waals surface area contributed by atoms with Crippen molar-refractivity contribution in [3.8, 4) is 5.75 Å². The summed E-state index contributed by atoms with van der Waals surface area (Å²) in [6, 6.07) is 3.24. The highest BCUT2D eigenvalue weighted by atomic mass is 35.5. The van der Waals surface area contributed by atoms with Crippen LogP contribution in [-0.4, -0.2) is 40.5 Å². The van der Waals surface area contributed by atoms with Crippen LogP contribution in [0.4, 0.5) is 18.9 Å². The second-order valence-electron chi connectivity index (χ2n) is 7.03. The molecule has 1 atom stereocenters. The Morgan fingerprint density at radius 1 is 1.09 bits per heavy atom. The molecule has 2 amide bonds. The van der Waals surface area contributed by atoms with E-state index in [0.717, 1.165) is 6.07 Å². The minimum Gasteiger partial charge on any atom is -0.506 e. The van der Waals surface area contributed by atoms with Gasteiger partial charge in [0.05, 0.1) is 35.3 Å². The van der Waals surface area contributed by atoms with Crippen LogP contribution in [0.1, 0.15) is 33.9 Å². The van der Waals surface area contributed by atoms with Crippen LogP contribution in [-0.2, 0) is 15.8 Å². The number of carboxylic acids is 1. The van der Waals surface area contributed by atoms with Crippen LogP contribution in [0.5, 0.6) is 5.75 Å². The van der Waals surface area contributed by atoms with Gasteiger partial charge < -0.3 is 32.3 Å². The highest BCUT2D eigenvalue weighted by Gasteiger charge is 2.32. The van der Waals surface area contributed by atoms with Crippen molar-refractivity contribution in [1.29, 1.82) is 0 Å². The van der Waals surface area contributed by atoms with Gasteiger partial charge in [0.15, 0.2) is 5.96 Å². The maximum absolute atomic E-state index is 13.2. The first kappa shape index (κ1) is 27.5. The number of nitrogens with one attached hydrogen (secondary N) is 2. The number of rotatable bonds is 8. The monoisotopic (exact) mass is 535 g/mol. The second kappa shape index (κ2) is 11.1. The zero-order valence-electron chi connectivity index (χ0n) is 17.5. The van der Waals surface area contributed by atoms with E-state index in [2.05, 4.69) is 15.6 Å². The van der Waals surface area contributed by atoms with Crippen molar-refractivity contribution in [3.05, 3.63) is 57.1 Å². The average molecular weight is 536 g/mol. The molecule has 0 aromatic heterocycles. The maximum atomic E-state index is 13.2. The number of amides is 2. The van der Waals surface area contributed by atoms with Crippen LogP contribution in [0.15, 0.2) is 35.3 Å². The molecular formula is C20H18Cl2F3N5O5. The van der Waals surface area contributed by atoms with E-state index >= 15 is 0 Å². The number of nitrogens with two attached hydrogens (primary N) is 2. The van der Waals surface area contributed by atoms with E-state index in [1.165, 1.54) is 12.1 Å². The molecule has 0 spiro atoms. The Hall–Kier alpha value is -3.71. The third-order valence-electron chi connectivity index (χ3n) is 4.32. The van der Waals surface area contributed by atoms with Gasteiger partial charge in [-0.25, -0.2) is 4.99 Å². The lowest BCUT2D eigenvalue weighted by atomic mass is 10.0. The van der Waals surface area contributed by atoms with E-state index in [4.69, 9.17) is 39.8 Å². The summed E-state index contributed by atoms with van der Waals surface area (Å²) < 4.78 is 39.5. The molecule has 0 saturated heterocycles. The minimum absolute atomic E-state index is 0.0573. The van der Waals surface area contributed by atoms with Crippen LogP contribution < -0.4 is 22.1 Å². The molecule has 2 aromatic rings. The summed E-state index contributed by atoms with van der Waals surface area (Å²) in [4.78, 5) is 39.5. The lowest BCUT2D eigenvalue weighted by Crippen LogP contribution is -2.39. The number of carbonyl (C=O) groups is 3. The Balaban J connectivity index is 2.21. The number of alkyl halides is 3. The van der Waals surface area contributed by atoms with Crippen molar-refractivity contribution in [3.63, 3.8) is 0 Å². The van der Waals surface area contributed by atoms with Gasteiger partial charge in [-0.3, -0.25) is 14.4 Å². The van der Waals surface area contributed by atoms with Crippen molar-refractivity contribution in [2.45, 2.75) is 18.6 Å². The molecule has 0 saturated carbocycles. The Bertz CT molecular complexity index is 1190. The van der Waals surface area contributed by atoms with E-state index in [0.29, 0.717) is 12.1 Å². The number of nitrogens with zero attached hydrogens (tertiary/aromatic N) is 1. The van der Waals surface area contributed by atoms with E-state index in [1.54, 1.807) is 0 Å². The first-order chi connectivity index (χ1) is 16.2. The number of guanidine groups is 1. The van der Waals surface area contributed by atoms with Gasteiger partial charge in [0.2, 0.25) is 5.91 Å². The molecule has 0 fully saturated rings. The van der Waals surface area contributed by atoms with Crippen LogP contribution in [0.2, 0.25) is 10.0 Å². The number of aliphatic carboxylic acids is 1. The SMILES string of the molecule is NC(N)=Nc1cc(C(=O)NCC(=O)NC(CC(=O)O)c2cc(Cl)cc(Cl)c2O)cc(C(F)(F)F)c1. The quantitative estimate of drug-likeness (QED) is 0.222. The second-order valence-corrected chi connectivity index (χ2v) is 7.87. The van der Waals surface area contributed by atoms with Gasteiger partial charge in [-0.1, -0.05) is 23.2 Å². The number of hydrogen-bond donors (Lipinski definition) is 6. The summed E-state index contributed by atoms with van der Waals surface area (Å²) >= 11 is 11.7. The first-order valence-corrected chi connectivity index (χ1v) is 10.2. The number of aliphatic imine (C=N–C) groups is 1. The molecule has 2 rings (SSSR count). The third kappa shape index (κ3) is 7.93. The fourth-order valence-electron chi connectivity index (χ4n) is 2.89. The molecule has 35 heavy (non-hydrogen) atoms. The van der Waals surface area contributed by atoms with Gasteiger partial charge in [-0.05, 0) is 30.3 Å². The molecule has 2 aromatic carbocycles. The predicted octanol–water partition coefficient (Wildman–Crippen LogP) is 2.68. The van der Waals surface area contributed by atoms with Crippen LogP contribution in [0.3, 0.4) is 0 Å². The van der Waals surface area contributed by atoms with Crippen molar-refractivity contribution < 1.29 is 37.8 Å². The highest BCUT2D eigenvalue weighted by molar-refractivity contribution is 6.35. The standard InChI is InChI=1S/C20H18Cl2F3N5O5/c21-10-4-12(17(34)13(22)5-10)14(6-16(32)33)30-15(31)7-28-18(35)8-1-9(20(23,24)25)3-11(2-8)29-19(26)27/h1-5,14,34H,6-7H2,(H,28,35)(H,30,31)(H,32,33)(H4,26,27,29). The molecule has 0 aliphatic carbocycles. The lowest BCUT2D eigenvalue weighted by molar-refractivity contribution is -0.138. The Labute approximate surface area is 205 Å². The molecule has 0 aliphatic heterocycles. The van der Waals surface area contributed by atoms with E-state index in [9.17, 15) is 32.7 Å². The molecule has 0 bridgehead atoms. The summed E-state index contributed by atoms with van der Waals surface area (Å²) in [7, 11) is 0. The number of hydrogen-bond acceptors (Lipinski definition) is 5. The molecule has 0 radical (unpaired) electrons. The van der Waals surface area contributed by atoms with E-state index < -0.39 is 65.8 Å². The van der Waals surface area contributed by atoms with Gasteiger partial charge in [0.1, 0.15) is 5.75 Å². The van der Waals surface area contributed by atoms with E-state index in [-0.39, 0.29) is 21.3 Å². The largest absolute Gasteiger partial charge is 0.506 e. The van der Waals surface area contributed by atoms with Crippen molar-refractivity contribution >= 4 is 52.6 Å². The number of halogens is 5. The fraction of sp³-hybridized carbons (Fsp3) is 0.200. The van der Waals surface area contributed by atoms with Gasteiger partial charge in [0, 0.05) is 16.1 Å². The van der Waals surface area contributed by atoms with Gasteiger partial charge in [0.25, 0.3) is 5.91 Å². The molecular weight excluding hydrogens is 518 g/mol. The number of carboxylic acid groups (broad SMARTS) is 1. The molecule has 0 heterocycles. The van der Waals surface area contributed by atoms with Gasteiger partial charge in [-0.2, -0.15) is 13.2 Å². The number of carbonyl (C=O) groups excluding carboxylic acids is 2. The third-order valence-corrected chi connectivity index (χ3v) is 4.83. The highest BCUT2D eigenvalue weighted by Crippen LogP contribution is 2.36. The molecule has 188 valence electrons. The number of phenols is 1. The molecule has 1 unspecified atom stereocenters. The predicted molar refractivity (Wildman–Crippen MR) is 121 cm³/mol. The fourth-order valence-corrected chi connectivity index (χ4v) is 3.40. The molecule has 8 N–H and O–H groups in total. The lowest BCUT2D eigenvalue weighted by Gasteiger charge is -2.20. The zero-order chi connectivity index (χ0) is 26.5. The van der Waals surface area contributed by atoms with E-state index in [1.807, 2.05) is 0 Å². The summed E-state index contributed by atoms with van der Waals surface area (Å²) in [5.74, 6) is -4.38. The zero-order valence-corrected chi connectivity index (χ0v) is 19.0. The number of phenolic OH excluding ortho intramolecular Hbond substituents is 1. The van der Waals surface area contributed by atoms with Crippen LogP contribution >= 0.6 is 23.2 Å². The summed E-state index contributed by atoms with van der Waals surface area (Å²) in [6.07, 6.45) is -5.50. The Morgan fingerprint density at radius 3 is 2.31 bits per heavy atom. The summed E-state index contributed by atoms with van der Waals surface area (Å²) in [6.45, 7) is -0.752. The summed E-state index contributed by atoms with van der Waals surface area (Å²) in [5.41, 5.74) is 8.23. The smallest absolute Gasteiger partial charge is 0.416 e. The minimum atomic E-state index is -4.81. The van der Waals surface area contributed by atoms with Gasteiger partial charge in [-0.15, -0.1) is 0 Å². The normalized spacial score (nSPS) is 11.9. The van der Waals surface area contributed by atoms with Crippen molar-refractivity contribution in [1.82, 2.24) is 10.6 Å². The van der Waals surface area contributed by atoms with Crippen LogP contribution in [0, 0.1) is 0 Å². The van der Waals surface area contributed by atoms with Crippen molar-refractivity contribution in [2.75, 3.05) is 6.54 Å². The molecule has 15 heteroatoms.